The van der Waals surface area contributed by atoms with E-state index in [1.165, 1.54) is 0 Å². The quantitative estimate of drug-likeness (QED) is 0.348. The van der Waals surface area contributed by atoms with E-state index in [0.29, 0.717) is 31.3 Å². The Balaban J connectivity index is 1.87. The fraction of sp³-hybridized carbons (Fsp3) is 0.375. The minimum absolute atomic E-state index is 0.133. The van der Waals surface area contributed by atoms with Gasteiger partial charge in [0.2, 0.25) is 5.91 Å². The number of alkyl halides is 1. The van der Waals surface area contributed by atoms with E-state index in [0.717, 1.165) is 16.8 Å². The smallest absolute Gasteiger partial charge is 0.336 e. The first kappa shape index (κ1) is 23.8. The monoisotopic (exact) mass is 456 g/mol. The normalized spacial score (nSPS) is 11.4. The number of ether oxygens (including phenoxy) is 2. The van der Waals surface area contributed by atoms with Crippen molar-refractivity contribution >= 4 is 23.2 Å². The second-order valence-electron chi connectivity index (χ2n) is 8.06. The summed E-state index contributed by atoms with van der Waals surface area (Å²) in [6, 6.07) is 15.7. The summed E-state index contributed by atoms with van der Waals surface area (Å²) in [5.74, 6) is 0.768. The van der Waals surface area contributed by atoms with Crippen LogP contribution in [0.1, 0.15) is 26.3 Å². The Hall–Kier alpha value is -2.90. The zero-order valence-electron chi connectivity index (χ0n) is 18.9. The van der Waals surface area contributed by atoms with E-state index < -0.39 is 5.41 Å². The molecule has 8 heteroatoms. The minimum atomic E-state index is -0.654. The molecule has 0 bridgehead atoms. The number of hydrogen-bond donors (Lipinski definition) is 1. The van der Waals surface area contributed by atoms with Crippen LogP contribution in [0, 0.1) is 12.3 Å². The molecule has 0 saturated heterocycles. The Morgan fingerprint density at radius 2 is 1.78 bits per heavy atom. The second kappa shape index (κ2) is 10.6. The highest BCUT2D eigenvalue weighted by molar-refractivity contribution is 6.20. The standard InChI is InChI=1S/C24H29ClN4O3/c1-5-31-14-15-32-23-27-21(18-8-6-17(2)7-9-18)29(28-23)20-12-10-19(11-13-20)26-22(30)24(3,4)16-25/h6-13H,5,14-16H2,1-4H3,(H,26,30). The van der Waals surface area contributed by atoms with Crippen molar-refractivity contribution in [3.8, 4) is 23.1 Å². The van der Waals surface area contributed by atoms with E-state index in [4.69, 9.17) is 21.1 Å². The van der Waals surface area contributed by atoms with Gasteiger partial charge in [-0.1, -0.05) is 29.8 Å². The first-order valence-corrected chi connectivity index (χ1v) is 11.1. The fourth-order valence-electron chi connectivity index (χ4n) is 2.81. The maximum Gasteiger partial charge on any atom is 0.336 e. The van der Waals surface area contributed by atoms with Gasteiger partial charge in [-0.2, -0.15) is 4.98 Å². The summed E-state index contributed by atoms with van der Waals surface area (Å²) < 4.78 is 12.7. The molecule has 32 heavy (non-hydrogen) atoms. The number of halogens is 1. The largest absolute Gasteiger partial charge is 0.460 e. The molecule has 1 aromatic heterocycles. The summed E-state index contributed by atoms with van der Waals surface area (Å²) in [5, 5.41) is 7.45. The van der Waals surface area contributed by atoms with Gasteiger partial charge in [-0.3, -0.25) is 4.79 Å². The van der Waals surface area contributed by atoms with Gasteiger partial charge in [0.25, 0.3) is 0 Å². The summed E-state index contributed by atoms with van der Waals surface area (Å²) >= 11 is 5.90. The number of rotatable bonds is 10. The molecule has 0 atom stereocenters. The SMILES string of the molecule is CCOCCOc1nc(-c2ccc(C)cc2)n(-c2ccc(NC(=O)C(C)(C)CCl)cc2)n1. The highest BCUT2D eigenvalue weighted by Gasteiger charge is 2.26. The number of aromatic nitrogens is 3. The van der Waals surface area contributed by atoms with Crippen molar-refractivity contribution in [3.05, 3.63) is 54.1 Å². The van der Waals surface area contributed by atoms with Gasteiger partial charge in [-0.15, -0.1) is 16.7 Å². The first-order chi connectivity index (χ1) is 15.3. The van der Waals surface area contributed by atoms with Crippen LogP contribution in [0.15, 0.2) is 48.5 Å². The predicted molar refractivity (Wildman–Crippen MR) is 127 cm³/mol. The van der Waals surface area contributed by atoms with Crippen molar-refractivity contribution in [3.63, 3.8) is 0 Å². The summed E-state index contributed by atoms with van der Waals surface area (Å²) in [6.45, 7) is 9.05. The van der Waals surface area contributed by atoms with Crippen LogP contribution >= 0.6 is 11.6 Å². The summed E-state index contributed by atoms with van der Waals surface area (Å²) in [6.07, 6.45) is 0. The first-order valence-electron chi connectivity index (χ1n) is 10.6. The highest BCUT2D eigenvalue weighted by atomic mass is 35.5. The third kappa shape index (κ3) is 5.87. The highest BCUT2D eigenvalue weighted by Crippen LogP contribution is 2.26. The molecular weight excluding hydrogens is 428 g/mol. The van der Waals surface area contributed by atoms with Crippen molar-refractivity contribution in [2.45, 2.75) is 27.7 Å². The third-order valence-corrected chi connectivity index (χ3v) is 5.55. The Bertz CT molecular complexity index is 1030. The van der Waals surface area contributed by atoms with Crippen LogP contribution in [0.5, 0.6) is 6.01 Å². The van der Waals surface area contributed by atoms with Gasteiger partial charge in [-0.05, 0) is 52.0 Å². The third-order valence-electron chi connectivity index (χ3n) is 4.88. The van der Waals surface area contributed by atoms with Crippen molar-refractivity contribution in [2.24, 2.45) is 5.41 Å². The zero-order chi connectivity index (χ0) is 23.1. The number of nitrogens with zero attached hydrogens (tertiary/aromatic N) is 3. The molecule has 0 aliphatic heterocycles. The van der Waals surface area contributed by atoms with Crippen LogP contribution in [0.4, 0.5) is 5.69 Å². The summed E-state index contributed by atoms with van der Waals surface area (Å²) in [4.78, 5) is 17.0. The summed E-state index contributed by atoms with van der Waals surface area (Å²) in [5.41, 5.74) is 2.90. The number of anilines is 1. The Labute approximate surface area is 193 Å². The number of aryl methyl sites for hydroxylation is 1. The summed E-state index contributed by atoms with van der Waals surface area (Å²) in [7, 11) is 0. The molecule has 0 aliphatic rings. The minimum Gasteiger partial charge on any atom is -0.460 e. The molecule has 0 aliphatic carbocycles. The van der Waals surface area contributed by atoms with E-state index in [1.807, 2.05) is 62.4 Å². The molecule has 0 unspecified atom stereocenters. The molecular formula is C24H29ClN4O3. The lowest BCUT2D eigenvalue weighted by Crippen LogP contribution is -2.32. The van der Waals surface area contributed by atoms with Crippen LogP contribution < -0.4 is 10.1 Å². The van der Waals surface area contributed by atoms with Gasteiger partial charge >= 0.3 is 6.01 Å². The molecule has 1 amide bonds. The number of carbonyl (C=O) groups is 1. The number of amides is 1. The number of benzene rings is 2. The van der Waals surface area contributed by atoms with Gasteiger partial charge in [0.05, 0.1) is 17.7 Å². The lowest BCUT2D eigenvalue weighted by molar-refractivity contribution is -0.122. The van der Waals surface area contributed by atoms with Crippen LogP contribution in [0.3, 0.4) is 0 Å². The molecule has 3 rings (SSSR count). The van der Waals surface area contributed by atoms with Gasteiger partial charge in [0.1, 0.15) is 6.61 Å². The Morgan fingerprint density at radius 3 is 2.41 bits per heavy atom. The van der Waals surface area contributed by atoms with E-state index >= 15 is 0 Å². The van der Waals surface area contributed by atoms with Gasteiger partial charge in [0, 0.05) is 23.7 Å². The number of carbonyl (C=O) groups excluding carboxylic acids is 1. The lowest BCUT2D eigenvalue weighted by Gasteiger charge is -2.20. The van der Waals surface area contributed by atoms with Gasteiger partial charge in [0.15, 0.2) is 5.82 Å². The average molecular weight is 457 g/mol. The molecule has 0 fully saturated rings. The molecule has 1 heterocycles. The number of nitrogens with one attached hydrogen (secondary N) is 1. The van der Waals surface area contributed by atoms with Crippen molar-refractivity contribution < 1.29 is 14.3 Å². The fourth-order valence-corrected chi connectivity index (χ4v) is 2.93. The van der Waals surface area contributed by atoms with Gasteiger partial charge in [-0.25, -0.2) is 4.68 Å². The molecule has 2 aromatic carbocycles. The van der Waals surface area contributed by atoms with Crippen LogP contribution in [-0.4, -0.2) is 46.4 Å². The average Bonchev–Trinajstić information content (AvgIpc) is 3.22. The van der Waals surface area contributed by atoms with Crippen LogP contribution in [0.25, 0.3) is 17.1 Å². The molecule has 0 saturated carbocycles. The maximum atomic E-state index is 12.4. The van der Waals surface area contributed by atoms with E-state index in [9.17, 15) is 4.79 Å². The van der Waals surface area contributed by atoms with Crippen LogP contribution in [-0.2, 0) is 9.53 Å². The van der Waals surface area contributed by atoms with Crippen molar-refractivity contribution in [2.75, 3.05) is 31.0 Å². The molecule has 3 aromatic rings. The number of hydrogen-bond acceptors (Lipinski definition) is 5. The van der Waals surface area contributed by atoms with Crippen LogP contribution in [0.2, 0.25) is 0 Å². The second-order valence-corrected chi connectivity index (χ2v) is 8.33. The molecule has 7 nitrogen and oxygen atoms in total. The van der Waals surface area contributed by atoms with E-state index in [1.54, 1.807) is 18.5 Å². The maximum absolute atomic E-state index is 12.4. The predicted octanol–water partition coefficient (Wildman–Crippen LogP) is 4.86. The Kier molecular flexibility index (Phi) is 7.88. The lowest BCUT2D eigenvalue weighted by atomic mass is 9.95. The molecule has 0 spiro atoms. The van der Waals surface area contributed by atoms with Gasteiger partial charge < -0.3 is 14.8 Å². The van der Waals surface area contributed by atoms with E-state index in [-0.39, 0.29) is 17.8 Å². The topological polar surface area (TPSA) is 78.3 Å². The van der Waals surface area contributed by atoms with Crippen molar-refractivity contribution in [1.29, 1.82) is 0 Å². The molecule has 0 radical (unpaired) electrons. The van der Waals surface area contributed by atoms with E-state index in [2.05, 4.69) is 15.4 Å². The van der Waals surface area contributed by atoms with Crippen molar-refractivity contribution in [1.82, 2.24) is 14.8 Å². The molecule has 170 valence electrons. The Morgan fingerprint density at radius 1 is 1.09 bits per heavy atom. The zero-order valence-corrected chi connectivity index (χ0v) is 19.6. The molecule has 1 N–H and O–H groups in total.